The first-order valence-electron chi connectivity index (χ1n) is 9.39. The Morgan fingerprint density at radius 3 is 2.74 bits per heavy atom. The predicted octanol–water partition coefficient (Wildman–Crippen LogP) is 2.15. The molecule has 27 heavy (non-hydrogen) atoms. The molecule has 1 aliphatic carbocycles. The maximum atomic E-state index is 13.4. The van der Waals surface area contributed by atoms with E-state index in [1.165, 1.54) is 0 Å². The van der Waals surface area contributed by atoms with E-state index >= 15 is 0 Å². The SMILES string of the molecule is CN(CC(=O)N1c2ccccc2NC(=O)C12CCCC2)Cc1nccn1C. The summed E-state index contributed by atoms with van der Waals surface area (Å²) in [5, 5.41) is 3.01. The standard InChI is InChI=1S/C20H25N5O2/c1-23(13-17-21-11-12-24(17)2)14-18(26)25-16-8-4-3-7-15(16)22-19(27)20(25)9-5-6-10-20/h3-4,7-8,11-12H,5-6,9-10,13-14H2,1-2H3,(H,22,27). The van der Waals surface area contributed by atoms with E-state index in [9.17, 15) is 9.59 Å². The van der Waals surface area contributed by atoms with E-state index in [1.807, 2.05) is 54.0 Å². The number of nitrogens with one attached hydrogen (secondary N) is 1. The Balaban J connectivity index is 1.61. The molecule has 0 saturated heterocycles. The van der Waals surface area contributed by atoms with Crippen molar-refractivity contribution in [3.05, 3.63) is 42.5 Å². The minimum atomic E-state index is -0.754. The summed E-state index contributed by atoms with van der Waals surface area (Å²) in [5.74, 6) is 0.799. The summed E-state index contributed by atoms with van der Waals surface area (Å²) in [6, 6.07) is 7.57. The van der Waals surface area contributed by atoms with Gasteiger partial charge in [-0.05, 0) is 32.0 Å². The fourth-order valence-electron chi connectivity index (χ4n) is 4.28. The van der Waals surface area contributed by atoms with Gasteiger partial charge in [0.05, 0.1) is 24.5 Å². The number of carbonyl (C=O) groups is 2. The van der Waals surface area contributed by atoms with Gasteiger partial charge in [-0.1, -0.05) is 25.0 Å². The highest BCUT2D eigenvalue weighted by molar-refractivity contribution is 6.15. The third-order valence-electron chi connectivity index (χ3n) is 5.66. The molecule has 0 atom stereocenters. The number of fused-ring (bicyclic) bond motifs is 1. The lowest BCUT2D eigenvalue weighted by Gasteiger charge is -2.44. The number of nitrogens with zero attached hydrogens (tertiary/aromatic N) is 4. The molecule has 7 heteroatoms. The summed E-state index contributed by atoms with van der Waals surface area (Å²) < 4.78 is 1.95. The van der Waals surface area contributed by atoms with Crippen LogP contribution in [0.4, 0.5) is 11.4 Å². The van der Waals surface area contributed by atoms with Crippen LogP contribution in [0.3, 0.4) is 0 Å². The van der Waals surface area contributed by atoms with E-state index in [4.69, 9.17) is 0 Å². The van der Waals surface area contributed by atoms with Crippen molar-refractivity contribution in [1.29, 1.82) is 0 Å². The van der Waals surface area contributed by atoms with Crippen molar-refractivity contribution in [3.8, 4) is 0 Å². The van der Waals surface area contributed by atoms with Crippen LogP contribution in [0.2, 0.25) is 0 Å². The van der Waals surface area contributed by atoms with Gasteiger partial charge in [-0.3, -0.25) is 19.4 Å². The number of amides is 2. The van der Waals surface area contributed by atoms with Gasteiger partial charge in [-0.2, -0.15) is 0 Å². The highest BCUT2D eigenvalue weighted by Crippen LogP contribution is 2.45. The summed E-state index contributed by atoms with van der Waals surface area (Å²) in [4.78, 5) is 34.4. The maximum absolute atomic E-state index is 13.4. The Morgan fingerprint density at radius 2 is 2.04 bits per heavy atom. The normalized spacial score (nSPS) is 18.0. The molecule has 1 aromatic heterocycles. The second-order valence-electron chi connectivity index (χ2n) is 7.57. The smallest absolute Gasteiger partial charge is 0.250 e. The Labute approximate surface area is 159 Å². The molecule has 2 aliphatic rings. The third-order valence-corrected chi connectivity index (χ3v) is 5.66. The average Bonchev–Trinajstić information content (AvgIpc) is 3.26. The molecular weight excluding hydrogens is 342 g/mol. The molecule has 2 aromatic rings. The van der Waals surface area contributed by atoms with Crippen molar-refractivity contribution in [3.63, 3.8) is 0 Å². The van der Waals surface area contributed by atoms with Gasteiger partial charge in [0.15, 0.2) is 0 Å². The summed E-state index contributed by atoms with van der Waals surface area (Å²) in [5.41, 5.74) is 0.754. The quantitative estimate of drug-likeness (QED) is 0.899. The largest absolute Gasteiger partial charge is 0.337 e. The molecular formula is C20H25N5O2. The molecule has 1 aliphatic heterocycles. The van der Waals surface area contributed by atoms with E-state index in [0.29, 0.717) is 25.1 Å². The molecule has 1 saturated carbocycles. The second kappa shape index (κ2) is 6.81. The molecule has 1 fully saturated rings. The van der Waals surface area contributed by atoms with Crippen LogP contribution >= 0.6 is 0 Å². The van der Waals surface area contributed by atoms with Crippen molar-refractivity contribution < 1.29 is 9.59 Å². The van der Waals surface area contributed by atoms with Gasteiger partial charge in [0.25, 0.3) is 5.91 Å². The molecule has 1 aromatic carbocycles. The van der Waals surface area contributed by atoms with E-state index in [-0.39, 0.29) is 18.4 Å². The second-order valence-corrected chi connectivity index (χ2v) is 7.57. The zero-order valence-electron chi connectivity index (χ0n) is 15.8. The zero-order chi connectivity index (χ0) is 19.0. The van der Waals surface area contributed by atoms with E-state index < -0.39 is 5.54 Å². The van der Waals surface area contributed by atoms with Gasteiger partial charge in [0.1, 0.15) is 11.4 Å². The molecule has 1 N–H and O–H groups in total. The van der Waals surface area contributed by atoms with Gasteiger partial charge < -0.3 is 9.88 Å². The fraction of sp³-hybridized carbons (Fsp3) is 0.450. The topological polar surface area (TPSA) is 70.5 Å². The van der Waals surface area contributed by atoms with E-state index in [2.05, 4.69) is 10.3 Å². The molecule has 142 valence electrons. The van der Waals surface area contributed by atoms with Crippen LogP contribution in [-0.4, -0.2) is 45.4 Å². The fourth-order valence-corrected chi connectivity index (χ4v) is 4.28. The Bertz CT molecular complexity index is 869. The minimum absolute atomic E-state index is 0.0455. The van der Waals surface area contributed by atoms with Crippen LogP contribution < -0.4 is 10.2 Å². The number of carbonyl (C=O) groups excluding carboxylic acids is 2. The zero-order valence-corrected chi connectivity index (χ0v) is 15.8. The molecule has 1 spiro atoms. The van der Waals surface area contributed by atoms with E-state index in [1.54, 1.807) is 11.1 Å². The summed E-state index contributed by atoms with van der Waals surface area (Å²) in [6.07, 6.45) is 6.99. The van der Waals surface area contributed by atoms with Crippen LogP contribution in [0.1, 0.15) is 31.5 Å². The number of para-hydroxylation sites is 2. The van der Waals surface area contributed by atoms with Crippen LogP contribution in [0.15, 0.2) is 36.7 Å². The number of aryl methyl sites for hydroxylation is 1. The number of aromatic nitrogens is 2. The van der Waals surface area contributed by atoms with Crippen LogP contribution in [-0.2, 0) is 23.2 Å². The Morgan fingerprint density at radius 1 is 1.30 bits per heavy atom. The lowest BCUT2D eigenvalue weighted by Crippen LogP contribution is -2.62. The molecule has 2 amide bonds. The number of imidazole rings is 1. The molecule has 7 nitrogen and oxygen atoms in total. The highest BCUT2D eigenvalue weighted by Gasteiger charge is 2.52. The highest BCUT2D eigenvalue weighted by atomic mass is 16.2. The van der Waals surface area contributed by atoms with Crippen molar-refractivity contribution in [2.24, 2.45) is 7.05 Å². The van der Waals surface area contributed by atoms with Gasteiger partial charge >= 0.3 is 0 Å². The van der Waals surface area contributed by atoms with Gasteiger partial charge in [-0.15, -0.1) is 0 Å². The predicted molar refractivity (Wildman–Crippen MR) is 103 cm³/mol. The first-order chi connectivity index (χ1) is 13.0. The monoisotopic (exact) mass is 367 g/mol. The lowest BCUT2D eigenvalue weighted by atomic mass is 9.89. The lowest BCUT2D eigenvalue weighted by molar-refractivity contribution is -0.128. The molecule has 4 rings (SSSR count). The van der Waals surface area contributed by atoms with Crippen molar-refractivity contribution in [2.75, 3.05) is 23.8 Å². The average molecular weight is 367 g/mol. The Hall–Kier alpha value is -2.67. The molecule has 2 heterocycles. The maximum Gasteiger partial charge on any atom is 0.250 e. The van der Waals surface area contributed by atoms with E-state index in [0.717, 1.165) is 24.4 Å². The van der Waals surface area contributed by atoms with Gasteiger partial charge in [0.2, 0.25) is 5.91 Å². The number of hydrogen-bond acceptors (Lipinski definition) is 4. The van der Waals surface area contributed by atoms with Gasteiger partial charge in [-0.25, -0.2) is 4.98 Å². The minimum Gasteiger partial charge on any atom is -0.337 e. The van der Waals surface area contributed by atoms with Crippen molar-refractivity contribution in [2.45, 2.75) is 37.8 Å². The summed E-state index contributed by atoms with van der Waals surface area (Å²) >= 11 is 0. The number of rotatable bonds is 4. The molecule has 0 unspecified atom stereocenters. The van der Waals surface area contributed by atoms with Crippen molar-refractivity contribution >= 4 is 23.2 Å². The number of anilines is 2. The summed E-state index contributed by atoms with van der Waals surface area (Å²) in [7, 11) is 3.85. The number of likely N-dealkylation sites (N-methyl/N-ethyl adjacent to an activating group) is 1. The molecule has 0 bridgehead atoms. The Kier molecular flexibility index (Phi) is 4.47. The van der Waals surface area contributed by atoms with Crippen LogP contribution in [0.5, 0.6) is 0 Å². The number of hydrogen-bond donors (Lipinski definition) is 1. The third kappa shape index (κ3) is 3.02. The number of benzene rings is 1. The van der Waals surface area contributed by atoms with Crippen LogP contribution in [0.25, 0.3) is 0 Å². The van der Waals surface area contributed by atoms with Gasteiger partial charge in [0, 0.05) is 19.4 Å². The first-order valence-corrected chi connectivity index (χ1v) is 9.39. The summed E-state index contributed by atoms with van der Waals surface area (Å²) in [6.45, 7) is 0.806. The first kappa shape index (κ1) is 17.7. The molecule has 0 radical (unpaired) electrons. The van der Waals surface area contributed by atoms with Crippen LogP contribution in [0, 0.1) is 0 Å². The van der Waals surface area contributed by atoms with Crippen molar-refractivity contribution in [1.82, 2.24) is 14.5 Å².